The third-order valence-corrected chi connectivity index (χ3v) is 5.15. The normalized spacial score (nSPS) is 11.6. The average Bonchev–Trinajstić information content (AvgIpc) is 2.99. The highest BCUT2D eigenvalue weighted by Gasteiger charge is 2.10. The van der Waals surface area contributed by atoms with Gasteiger partial charge in [0.1, 0.15) is 5.75 Å². The van der Waals surface area contributed by atoms with Crippen LogP contribution >= 0.6 is 11.3 Å². The first kappa shape index (κ1) is 18.9. The molecule has 0 spiro atoms. The zero-order valence-electron chi connectivity index (χ0n) is 15.8. The molecule has 0 saturated heterocycles. The molecule has 140 valence electrons. The second kappa shape index (κ2) is 8.22. The first-order valence-electron chi connectivity index (χ1n) is 8.77. The molecular formula is C21H23N3O2S. The van der Waals surface area contributed by atoms with Gasteiger partial charge in [-0.1, -0.05) is 17.4 Å². The molecule has 0 aliphatic heterocycles. The Labute approximate surface area is 162 Å². The molecule has 0 unspecified atom stereocenters. The van der Waals surface area contributed by atoms with E-state index in [0.29, 0.717) is 23.5 Å². The summed E-state index contributed by atoms with van der Waals surface area (Å²) >= 11 is 1.47. The number of rotatable bonds is 6. The summed E-state index contributed by atoms with van der Waals surface area (Å²) in [5.41, 5.74) is 2.62. The summed E-state index contributed by atoms with van der Waals surface area (Å²) in [6, 6.07) is 13.4. The molecule has 0 aliphatic rings. The Bertz CT molecular complexity index is 1030. The van der Waals surface area contributed by atoms with Crippen LogP contribution in [-0.2, 0) is 6.54 Å². The number of fused-ring (bicyclic) bond motifs is 1. The smallest absolute Gasteiger partial charge is 0.279 e. The van der Waals surface area contributed by atoms with Gasteiger partial charge in [0, 0.05) is 31.9 Å². The highest BCUT2D eigenvalue weighted by Crippen LogP contribution is 2.23. The van der Waals surface area contributed by atoms with Gasteiger partial charge in [0.25, 0.3) is 5.91 Å². The topological polar surface area (TPSA) is 46.8 Å². The first-order chi connectivity index (χ1) is 13.0. The molecule has 0 atom stereocenters. The van der Waals surface area contributed by atoms with Crippen LogP contribution in [0.3, 0.4) is 0 Å². The molecule has 1 amide bonds. The van der Waals surface area contributed by atoms with E-state index in [2.05, 4.69) is 11.6 Å². The summed E-state index contributed by atoms with van der Waals surface area (Å²) in [5.74, 6) is 0.559. The van der Waals surface area contributed by atoms with E-state index in [9.17, 15) is 4.79 Å². The zero-order valence-corrected chi connectivity index (χ0v) is 16.6. The Hall–Kier alpha value is -2.86. The number of carbonyl (C=O) groups is 1. The van der Waals surface area contributed by atoms with Gasteiger partial charge in [0.15, 0.2) is 4.80 Å². The van der Waals surface area contributed by atoms with Gasteiger partial charge in [-0.15, -0.1) is 6.58 Å². The summed E-state index contributed by atoms with van der Waals surface area (Å²) in [6.45, 7) is 6.97. The molecule has 2 aromatic carbocycles. The monoisotopic (exact) mass is 381 g/mol. The summed E-state index contributed by atoms with van der Waals surface area (Å²) in [5, 5.41) is 0. The van der Waals surface area contributed by atoms with Crippen LogP contribution in [-0.4, -0.2) is 31.2 Å². The second-order valence-electron chi connectivity index (χ2n) is 6.20. The highest BCUT2D eigenvalue weighted by atomic mass is 32.1. The van der Waals surface area contributed by atoms with E-state index in [4.69, 9.17) is 4.74 Å². The minimum atomic E-state index is -0.255. The number of ether oxygens (including phenoxy) is 1. The van der Waals surface area contributed by atoms with Crippen molar-refractivity contribution < 1.29 is 9.53 Å². The largest absolute Gasteiger partial charge is 0.494 e. The molecule has 6 heteroatoms. The molecule has 3 rings (SSSR count). The van der Waals surface area contributed by atoms with E-state index < -0.39 is 0 Å². The van der Waals surface area contributed by atoms with Gasteiger partial charge in [0.2, 0.25) is 0 Å². The van der Waals surface area contributed by atoms with Crippen molar-refractivity contribution >= 4 is 33.1 Å². The maximum Gasteiger partial charge on any atom is 0.279 e. The minimum Gasteiger partial charge on any atom is -0.494 e. The molecule has 3 aromatic rings. The molecule has 0 saturated carbocycles. The number of carbonyl (C=O) groups excluding carboxylic acids is 1. The summed E-state index contributed by atoms with van der Waals surface area (Å²) in [7, 11) is 3.93. The molecule has 5 nitrogen and oxygen atoms in total. The van der Waals surface area contributed by atoms with Crippen LogP contribution in [0.4, 0.5) is 5.69 Å². The summed E-state index contributed by atoms with van der Waals surface area (Å²) < 4.78 is 8.60. The van der Waals surface area contributed by atoms with E-state index in [1.54, 1.807) is 18.2 Å². The van der Waals surface area contributed by atoms with E-state index in [1.807, 2.05) is 60.8 Å². The van der Waals surface area contributed by atoms with Crippen LogP contribution in [0.2, 0.25) is 0 Å². The Morgan fingerprint density at radius 2 is 2.00 bits per heavy atom. The van der Waals surface area contributed by atoms with Gasteiger partial charge in [-0.05, 0) is 49.4 Å². The van der Waals surface area contributed by atoms with E-state index in [-0.39, 0.29) is 5.91 Å². The van der Waals surface area contributed by atoms with E-state index in [1.165, 1.54) is 11.3 Å². The van der Waals surface area contributed by atoms with E-state index >= 15 is 0 Å². The van der Waals surface area contributed by atoms with Gasteiger partial charge < -0.3 is 14.2 Å². The molecule has 0 N–H and O–H groups in total. The molecule has 0 radical (unpaired) electrons. The lowest BCUT2D eigenvalue weighted by atomic mass is 10.2. The Balaban J connectivity index is 2.03. The first-order valence-corrected chi connectivity index (χ1v) is 9.58. The molecule has 0 fully saturated rings. The van der Waals surface area contributed by atoms with Crippen LogP contribution in [0.25, 0.3) is 10.2 Å². The van der Waals surface area contributed by atoms with Crippen molar-refractivity contribution in [3.05, 3.63) is 65.5 Å². The number of nitrogens with zero attached hydrogens (tertiary/aromatic N) is 3. The fraction of sp³-hybridized carbons (Fsp3) is 0.238. The number of allylic oxidation sites excluding steroid dienone is 1. The predicted molar refractivity (Wildman–Crippen MR) is 112 cm³/mol. The van der Waals surface area contributed by atoms with Crippen molar-refractivity contribution in [3.8, 4) is 5.75 Å². The third kappa shape index (κ3) is 4.11. The fourth-order valence-corrected chi connectivity index (χ4v) is 3.82. The number of hydrogen-bond donors (Lipinski definition) is 0. The van der Waals surface area contributed by atoms with E-state index in [0.717, 1.165) is 21.7 Å². The second-order valence-corrected chi connectivity index (χ2v) is 7.21. The lowest BCUT2D eigenvalue weighted by Gasteiger charge is -2.11. The van der Waals surface area contributed by atoms with Crippen LogP contribution in [0.1, 0.15) is 17.3 Å². The Kier molecular flexibility index (Phi) is 5.76. The summed E-state index contributed by atoms with van der Waals surface area (Å²) in [6.07, 6.45) is 1.80. The Morgan fingerprint density at radius 3 is 2.63 bits per heavy atom. The maximum atomic E-state index is 12.7. The molecule has 27 heavy (non-hydrogen) atoms. The zero-order chi connectivity index (χ0) is 19.4. The molecule has 0 bridgehead atoms. The van der Waals surface area contributed by atoms with Gasteiger partial charge in [0.05, 0.1) is 16.8 Å². The van der Waals surface area contributed by atoms with Crippen molar-refractivity contribution in [3.63, 3.8) is 0 Å². The predicted octanol–water partition coefficient (Wildman–Crippen LogP) is 4.09. The number of amides is 1. The van der Waals surface area contributed by atoms with Crippen molar-refractivity contribution in [2.24, 2.45) is 4.99 Å². The molecule has 1 aromatic heterocycles. The third-order valence-electron chi connectivity index (χ3n) is 4.10. The van der Waals surface area contributed by atoms with Crippen LogP contribution in [0.15, 0.2) is 60.1 Å². The van der Waals surface area contributed by atoms with Crippen molar-refractivity contribution in [1.82, 2.24) is 4.57 Å². The van der Waals surface area contributed by atoms with Gasteiger partial charge in [-0.2, -0.15) is 4.99 Å². The molecular weight excluding hydrogens is 358 g/mol. The number of anilines is 1. The maximum absolute atomic E-state index is 12.7. The van der Waals surface area contributed by atoms with Crippen LogP contribution in [0, 0.1) is 0 Å². The Morgan fingerprint density at radius 1 is 1.26 bits per heavy atom. The average molecular weight is 382 g/mol. The SMILES string of the molecule is C=CCn1c(=NC(=O)c2ccc(N(C)C)cc2)sc2cc(OCC)ccc21. The minimum absolute atomic E-state index is 0.255. The highest BCUT2D eigenvalue weighted by molar-refractivity contribution is 7.16. The van der Waals surface area contributed by atoms with Gasteiger partial charge >= 0.3 is 0 Å². The number of benzene rings is 2. The van der Waals surface area contributed by atoms with Crippen molar-refractivity contribution in [2.45, 2.75) is 13.5 Å². The van der Waals surface area contributed by atoms with Gasteiger partial charge in [-0.3, -0.25) is 4.79 Å². The quantitative estimate of drug-likeness (QED) is 0.604. The number of thiazole rings is 1. The van der Waals surface area contributed by atoms with Crippen molar-refractivity contribution in [1.29, 1.82) is 0 Å². The van der Waals surface area contributed by atoms with Crippen LogP contribution in [0.5, 0.6) is 5.75 Å². The summed E-state index contributed by atoms with van der Waals surface area (Å²) in [4.78, 5) is 19.7. The molecule has 0 aliphatic carbocycles. The lowest BCUT2D eigenvalue weighted by Crippen LogP contribution is -2.16. The number of hydrogen-bond acceptors (Lipinski definition) is 4. The molecule has 1 heterocycles. The van der Waals surface area contributed by atoms with Crippen LogP contribution < -0.4 is 14.4 Å². The standard InChI is InChI=1S/C21H23N3O2S/c1-5-13-24-18-12-11-17(26-6-2)14-19(18)27-21(24)22-20(25)15-7-9-16(10-8-15)23(3)4/h5,7-12,14H,1,6,13H2,2-4H3. The lowest BCUT2D eigenvalue weighted by molar-refractivity contribution is 0.0998. The van der Waals surface area contributed by atoms with Gasteiger partial charge in [-0.25, -0.2) is 0 Å². The van der Waals surface area contributed by atoms with Crippen molar-refractivity contribution in [2.75, 3.05) is 25.6 Å². The fourth-order valence-electron chi connectivity index (χ4n) is 2.75. The number of aromatic nitrogens is 1.